The first-order valence-corrected chi connectivity index (χ1v) is 11.7. The molecule has 0 unspecified atom stereocenters. The zero-order valence-corrected chi connectivity index (χ0v) is 19.3. The first-order chi connectivity index (χ1) is 17.2. The monoisotopic (exact) mass is 462 g/mol. The number of fused-ring (bicyclic) bond motifs is 1. The Labute approximate surface area is 205 Å². The molecule has 0 saturated carbocycles. The number of anilines is 2. The van der Waals surface area contributed by atoms with Crippen LogP contribution in [0.1, 0.15) is 33.2 Å². The lowest BCUT2D eigenvalue weighted by molar-refractivity contribution is -0.121. The van der Waals surface area contributed by atoms with E-state index in [1.165, 1.54) is 5.56 Å². The number of para-hydroxylation sites is 1. The van der Waals surface area contributed by atoms with Gasteiger partial charge < -0.3 is 15.0 Å². The van der Waals surface area contributed by atoms with Crippen LogP contribution >= 0.6 is 0 Å². The van der Waals surface area contributed by atoms with Crippen LogP contribution in [0.5, 0.6) is 0 Å². The molecule has 0 bridgehead atoms. The lowest BCUT2D eigenvalue weighted by Crippen LogP contribution is -2.28. The second-order valence-electron chi connectivity index (χ2n) is 8.47. The van der Waals surface area contributed by atoms with Gasteiger partial charge in [0.25, 0.3) is 5.91 Å². The Bertz CT molecular complexity index is 1270. The lowest BCUT2D eigenvalue weighted by atomic mass is 10.0. The van der Waals surface area contributed by atoms with Crippen LogP contribution in [-0.2, 0) is 16.0 Å². The molecule has 0 aromatic heterocycles. The molecule has 1 aliphatic heterocycles. The van der Waals surface area contributed by atoms with Crippen LogP contribution in [0.3, 0.4) is 0 Å². The van der Waals surface area contributed by atoms with Gasteiger partial charge in [-0.25, -0.2) is 0 Å². The fourth-order valence-electron chi connectivity index (χ4n) is 4.40. The number of benzene rings is 4. The molecular formula is C30H26N2O3. The van der Waals surface area contributed by atoms with Crippen LogP contribution in [0.2, 0.25) is 0 Å². The molecule has 0 atom stereocenters. The van der Waals surface area contributed by atoms with Crippen molar-refractivity contribution in [3.63, 3.8) is 0 Å². The van der Waals surface area contributed by atoms with Crippen molar-refractivity contribution in [2.75, 3.05) is 23.4 Å². The summed E-state index contributed by atoms with van der Waals surface area (Å²) in [5.74, 6) is -0.292. The summed E-state index contributed by atoms with van der Waals surface area (Å²) >= 11 is 0. The third-order valence-electron chi connectivity index (χ3n) is 6.13. The number of nitrogens with zero attached hydrogens (tertiary/aromatic N) is 1. The van der Waals surface area contributed by atoms with Crippen LogP contribution in [0.25, 0.3) is 0 Å². The van der Waals surface area contributed by atoms with Gasteiger partial charge >= 0.3 is 0 Å². The highest BCUT2D eigenvalue weighted by atomic mass is 16.5. The predicted octanol–water partition coefficient (Wildman–Crippen LogP) is 5.63. The first-order valence-electron chi connectivity index (χ1n) is 11.7. The van der Waals surface area contributed by atoms with Crippen LogP contribution in [-0.4, -0.2) is 25.0 Å². The number of hydrogen-bond donors (Lipinski definition) is 1. The van der Waals surface area contributed by atoms with Crippen molar-refractivity contribution in [1.29, 1.82) is 0 Å². The highest BCUT2D eigenvalue weighted by Crippen LogP contribution is 2.29. The number of nitrogens with one attached hydrogen (secondary N) is 1. The Balaban J connectivity index is 1.21. The van der Waals surface area contributed by atoms with E-state index in [0.717, 1.165) is 23.2 Å². The number of hydrogen-bond acceptors (Lipinski definition) is 3. The van der Waals surface area contributed by atoms with E-state index < -0.39 is 0 Å². The summed E-state index contributed by atoms with van der Waals surface area (Å²) in [6.07, 6.45) is 0.523. The molecule has 5 rings (SSSR count). The maximum absolute atomic E-state index is 13.0. The summed E-state index contributed by atoms with van der Waals surface area (Å²) in [5.41, 5.74) is 5.33. The number of ether oxygens (including phenoxy) is 1. The molecule has 174 valence electrons. The third-order valence-corrected chi connectivity index (χ3v) is 6.13. The maximum atomic E-state index is 13.0. The summed E-state index contributed by atoms with van der Waals surface area (Å²) in [5, 5.41) is 2.86. The minimum absolute atomic E-state index is 0.0373. The standard InChI is InChI=1S/C30H26N2O3/c33-28(21-35-29(23-10-3-1-4-11-23)24-12-5-2-6-13-24)31-26-17-15-25(16-18-26)30(34)32-20-19-22-9-7-8-14-27(22)32/h1-18,29H,19-21H2,(H,31,33). The fraction of sp³-hybridized carbons (Fsp3) is 0.133. The Morgan fingerprint density at radius 3 is 2.03 bits per heavy atom. The molecule has 35 heavy (non-hydrogen) atoms. The molecule has 4 aromatic carbocycles. The summed E-state index contributed by atoms with van der Waals surface area (Å²) in [6.45, 7) is 0.581. The molecule has 1 aliphatic rings. The van der Waals surface area contributed by atoms with E-state index in [1.54, 1.807) is 24.3 Å². The van der Waals surface area contributed by atoms with Gasteiger partial charge in [0.05, 0.1) is 0 Å². The molecule has 0 fully saturated rings. The average molecular weight is 463 g/mol. The van der Waals surface area contributed by atoms with Crippen LogP contribution in [0.4, 0.5) is 11.4 Å². The molecule has 1 heterocycles. The van der Waals surface area contributed by atoms with Crippen molar-refractivity contribution in [2.24, 2.45) is 0 Å². The van der Waals surface area contributed by atoms with Gasteiger partial charge in [0.15, 0.2) is 0 Å². The number of rotatable bonds is 7. The molecule has 5 heteroatoms. The number of carbonyl (C=O) groups is 2. The molecule has 0 aliphatic carbocycles. The zero-order chi connectivity index (χ0) is 24.0. The van der Waals surface area contributed by atoms with E-state index in [0.29, 0.717) is 17.8 Å². The van der Waals surface area contributed by atoms with E-state index in [9.17, 15) is 9.59 Å². The highest BCUT2D eigenvalue weighted by Gasteiger charge is 2.25. The topological polar surface area (TPSA) is 58.6 Å². The molecule has 4 aromatic rings. The van der Waals surface area contributed by atoms with Gasteiger partial charge in [-0.05, 0) is 53.4 Å². The van der Waals surface area contributed by atoms with E-state index in [-0.39, 0.29) is 24.5 Å². The van der Waals surface area contributed by atoms with Gasteiger partial charge in [0.1, 0.15) is 12.7 Å². The maximum Gasteiger partial charge on any atom is 0.258 e. The van der Waals surface area contributed by atoms with Crippen molar-refractivity contribution in [3.8, 4) is 0 Å². The van der Waals surface area contributed by atoms with Gasteiger partial charge in [-0.15, -0.1) is 0 Å². The molecule has 0 radical (unpaired) electrons. The van der Waals surface area contributed by atoms with Crippen LogP contribution < -0.4 is 10.2 Å². The third kappa shape index (κ3) is 5.15. The van der Waals surface area contributed by atoms with Gasteiger partial charge in [0, 0.05) is 23.5 Å². The summed E-state index contributed by atoms with van der Waals surface area (Å²) < 4.78 is 6.04. The van der Waals surface area contributed by atoms with Gasteiger partial charge in [-0.2, -0.15) is 0 Å². The smallest absolute Gasteiger partial charge is 0.258 e. The van der Waals surface area contributed by atoms with Gasteiger partial charge in [-0.3, -0.25) is 9.59 Å². The Morgan fingerprint density at radius 2 is 1.37 bits per heavy atom. The normalized spacial score (nSPS) is 12.4. The number of amides is 2. The van der Waals surface area contributed by atoms with Crippen molar-refractivity contribution in [2.45, 2.75) is 12.5 Å². The van der Waals surface area contributed by atoms with E-state index in [1.807, 2.05) is 83.8 Å². The van der Waals surface area contributed by atoms with Gasteiger partial charge in [0.2, 0.25) is 5.91 Å². The largest absolute Gasteiger partial charge is 0.359 e. The van der Waals surface area contributed by atoms with E-state index in [2.05, 4.69) is 11.4 Å². The van der Waals surface area contributed by atoms with Crippen molar-refractivity contribution >= 4 is 23.2 Å². The van der Waals surface area contributed by atoms with Gasteiger partial charge in [-0.1, -0.05) is 78.9 Å². The molecule has 0 spiro atoms. The molecule has 0 saturated heterocycles. The van der Waals surface area contributed by atoms with Crippen molar-refractivity contribution in [1.82, 2.24) is 0 Å². The second kappa shape index (κ2) is 10.4. The fourth-order valence-corrected chi connectivity index (χ4v) is 4.40. The van der Waals surface area contributed by atoms with E-state index >= 15 is 0 Å². The quantitative estimate of drug-likeness (QED) is 0.387. The Morgan fingerprint density at radius 1 is 0.771 bits per heavy atom. The number of carbonyl (C=O) groups excluding carboxylic acids is 2. The zero-order valence-electron chi connectivity index (χ0n) is 19.3. The van der Waals surface area contributed by atoms with Crippen LogP contribution in [0.15, 0.2) is 109 Å². The molecular weight excluding hydrogens is 436 g/mol. The molecule has 1 N–H and O–H groups in total. The second-order valence-corrected chi connectivity index (χ2v) is 8.47. The van der Waals surface area contributed by atoms with Crippen molar-refractivity contribution in [3.05, 3.63) is 131 Å². The summed E-state index contributed by atoms with van der Waals surface area (Å²) in [4.78, 5) is 27.5. The van der Waals surface area contributed by atoms with E-state index in [4.69, 9.17) is 4.74 Å². The average Bonchev–Trinajstić information content (AvgIpc) is 3.34. The highest BCUT2D eigenvalue weighted by molar-refractivity contribution is 6.07. The Hall–Kier alpha value is -4.22. The minimum Gasteiger partial charge on any atom is -0.359 e. The first kappa shape index (κ1) is 22.6. The minimum atomic E-state index is -0.341. The molecule has 2 amide bonds. The SMILES string of the molecule is O=C(COC(c1ccccc1)c1ccccc1)Nc1ccc(C(=O)N2CCc3ccccc32)cc1. The predicted molar refractivity (Wildman–Crippen MR) is 138 cm³/mol. The lowest BCUT2D eigenvalue weighted by Gasteiger charge is -2.19. The Kier molecular flexibility index (Phi) is 6.68. The van der Waals surface area contributed by atoms with Crippen molar-refractivity contribution < 1.29 is 14.3 Å². The summed E-state index contributed by atoms with van der Waals surface area (Å²) in [6, 6.07) is 34.7. The summed E-state index contributed by atoms with van der Waals surface area (Å²) in [7, 11) is 0. The van der Waals surface area contributed by atoms with Crippen LogP contribution in [0, 0.1) is 0 Å². The molecule has 5 nitrogen and oxygen atoms in total.